The molecular weight excluding hydrogens is 210 g/mol. The molecule has 0 aliphatic heterocycles. The van der Waals surface area contributed by atoms with Crippen molar-refractivity contribution in [3.8, 4) is 0 Å². The third kappa shape index (κ3) is 1.62. The molecule has 88 valence electrons. The molecule has 0 aromatic heterocycles. The molecule has 15 heavy (non-hydrogen) atoms. The van der Waals surface area contributed by atoms with Gasteiger partial charge in [-0.05, 0) is 61.8 Å². The van der Waals surface area contributed by atoms with Gasteiger partial charge < -0.3 is 10.5 Å². The van der Waals surface area contributed by atoms with Gasteiger partial charge in [-0.3, -0.25) is 0 Å². The number of hydrogen-bond acceptors (Lipinski definition) is 2. The fourth-order valence-electron chi connectivity index (χ4n) is 4.78. The number of nitrogens with two attached hydrogens (primary N) is 1. The summed E-state index contributed by atoms with van der Waals surface area (Å²) in [5, 5.41) is 0. The molecule has 0 amide bonds. The van der Waals surface area contributed by atoms with E-state index in [0.717, 1.165) is 24.3 Å². The Bertz CT molecular complexity index is 230. The topological polar surface area (TPSA) is 35.2 Å². The third-order valence-corrected chi connectivity index (χ3v) is 5.02. The molecule has 2 atom stereocenters. The van der Waals surface area contributed by atoms with Crippen LogP contribution in [0.5, 0.6) is 0 Å². The van der Waals surface area contributed by atoms with Crippen LogP contribution in [0.15, 0.2) is 0 Å². The first kappa shape index (κ1) is 11.7. The highest BCUT2D eigenvalue weighted by Crippen LogP contribution is 2.60. The molecule has 2 N–H and O–H groups in total. The molecular formula is C12H22ClNO. The zero-order valence-electron chi connectivity index (χ0n) is 9.45. The Morgan fingerprint density at radius 3 is 2.27 bits per heavy atom. The van der Waals surface area contributed by atoms with Gasteiger partial charge in [-0.2, -0.15) is 0 Å². The fraction of sp³-hybridized carbons (Fsp3) is 1.00. The van der Waals surface area contributed by atoms with Gasteiger partial charge in [0, 0.05) is 7.11 Å². The molecule has 4 aliphatic rings. The zero-order chi connectivity index (χ0) is 9.76. The largest absolute Gasteiger partial charge is 0.381 e. The van der Waals surface area contributed by atoms with Crippen LogP contribution in [-0.2, 0) is 4.74 Å². The normalized spacial score (nSPS) is 51.6. The van der Waals surface area contributed by atoms with E-state index >= 15 is 0 Å². The fourth-order valence-corrected chi connectivity index (χ4v) is 4.78. The third-order valence-electron chi connectivity index (χ3n) is 5.02. The van der Waals surface area contributed by atoms with E-state index in [1.54, 1.807) is 0 Å². The molecule has 0 radical (unpaired) electrons. The van der Waals surface area contributed by atoms with E-state index in [9.17, 15) is 0 Å². The summed E-state index contributed by atoms with van der Waals surface area (Å²) in [4.78, 5) is 0. The van der Waals surface area contributed by atoms with E-state index in [0.29, 0.717) is 11.5 Å². The predicted octanol–water partition coefficient (Wildman–Crippen LogP) is 2.21. The van der Waals surface area contributed by atoms with Crippen LogP contribution in [0.3, 0.4) is 0 Å². The summed E-state index contributed by atoms with van der Waals surface area (Å²) >= 11 is 0. The zero-order valence-corrected chi connectivity index (χ0v) is 10.3. The van der Waals surface area contributed by atoms with Crippen LogP contribution in [0.25, 0.3) is 0 Å². The summed E-state index contributed by atoms with van der Waals surface area (Å²) in [5.41, 5.74) is 6.49. The van der Waals surface area contributed by atoms with Gasteiger partial charge >= 0.3 is 0 Å². The van der Waals surface area contributed by atoms with Crippen molar-refractivity contribution in [2.45, 2.75) is 38.2 Å². The van der Waals surface area contributed by atoms with E-state index in [1.165, 1.54) is 32.1 Å². The smallest absolute Gasteiger partial charge is 0.0628 e. The van der Waals surface area contributed by atoms with Crippen LogP contribution < -0.4 is 5.73 Å². The first-order valence-corrected chi connectivity index (χ1v) is 5.99. The standard InChI is InChI=1S/C12H21NO.ClH/c1-14-11-9-2-8-3-10(11)6-12(4-8,5-9)7-13;/h8-11H,2-7,13H2,1H3;1H. The monoisotopic (exact) mass is 231 g/mol. The van der Waals surface area contributed by atoms with Crippen LogP contribution in [0.4, 0.5) is 0 Å². The van der Waals surface area contributed by atoms with Gasteiger partial charge in [0.25, 0.3) is 0 Å². The Morgan fingerprint density at radius 2 is 1.80 bits per heavy atom. The molecule has 2 nitrogen and oxygen atoms in total. The number of ether oxygens (including phenoxy) is 1. The lowest BCUT2D eigenvalue weighted by Crippen LogP contribution is -2.56. The number of methoxy groups -OCH3 is 1. The quantitative estimate of drug-likeness (QED) is 0.791. The molecule has 0 aromatic rings. The summed E-state index contributed by atoms with van der Waals surface area (Å²) < 4.78 is 5.68. The van der Waals surface area contributed by atoms with Crippen molar-refractivity contribution in [3.05, 3.63) is 0 Å². The van der Waals surface area contributed by atoms with Gasteiger partial charge in [0.2, 0.25) is 0 Å². The maximum Gasteiger partial charge on any atom is 0.0628 e. The Morgan fingerprint density at radius 1 is 1.20 bits per heavy atom. The van der Waals surface area contributed by atoms with Gasteiger partial charge in [0.15, 0.2) is 0 Å². The minimum absolute atomic E-state index is 0. The highest BCUT2D eigenvalue weighted by molar-refractivity contribution is 5.85. The number of hydrogen-bond donors (Lipinski definition) is 1. The van der Waals surface area contributed by atoms with E-state index in [4.69, 9.17) is 10.5 Å². The highest BCUT2D eigenvalue weighted by Gasteiger charge is 2.54. The van der Waals surface area contributed by atoms with Gasteiger partial charge in [-0.15, -0.1) is 12.4 Å². The van der Waals surface area contributed by atoms with Gasteiger partial charge in [-0.25, -0.2) is 0 Å². The molecule has 4 aliphatic carbocycles. The maximum atomic E-state index is 5.97. The Hall–Kier alpha value is 0.210. The van der Waals surface area contributed by atoms with Crippen LogP contribution in [0.1, 0.15) is 32.1 Å². The Labute approximate surface area is 98.3 Å². The van der Waals surface area contributed by atoms with Crippen LogP contribution in [-0.4, -0.2) is 19.8 Å². The van der Waals surface area contributed by atoms with Gasteiger partial charge in [0.05, 0.1) is 6.10 Å². The first-order chi connectivity index (χ1) is 6.76. The molecule has 4 saturated carbocycles. The SMILES string of the molecule is COC1C2CC3CC1CC(CN)(C3)C2.Cl. The molecule has 4 rings (SSSR count). The van der Waals surface area contributed by atoms with Crippen molar-refractivity contribution < 1.29 is 4.74 Å². The molecule has 2 unspecified atom stereocenters. The second kappa shape index (κ2) is 3.90. The van der Waals surface area contributed by atoms with Crippen molar-refractivity contribution in [2.75, 3.05) is 13.7 Å². The van der Waals surface area contributed by atoms with Crippen molar-refractivity contribution >= 4 is 12.4 Å². The number of rotatable bonds is 2. The summed E-state index contributed by atoms with van der Waals surface area (Å²) in [6.07, 6.45) is 7.48. The summed E-state index contributed by atoms with van der Waals surface area (Å²) in [6, 6.07) is 0. The first-order valence-electron chi connectivity index (χ1n) is 5.99. The lowest BCUT2D eigenvalue weighted by atomic mass is 9.48. The van der Waals surface area contributed by atoms with E-state index < -0.39 is 0 Å². The number of halogens is 1. The van der Waals surface area contributed by atoms with Crippen LogP contribution in [0.2, 0.25) is 0 Å². The van der Waals surface area contributed by atoms with E-state index in [2.05, 4.69) is 0 Å². The second-order valence-electron chi connectivity index (χ2n) is 5.87. The molecule has 0 aromatic carbocycles. The lowest BCUT2D eigenvalue weighted by molar-refractivity contribution is -0.144. The minimum atomic E-state index is 0. The predicted molar refractivity (Wildman–Crippen MR) is 63.1 cm³/mol. The van der Waals surface area contributed by atoms with Crippen molar-refractivity contribution in [1.82, 2.24) is 0 Å². The van der Waals surface area contributed by atoms with E-state index in [-0.39, 0.29) is 12.4 Å². The molecule has 4 fully saturated rings. The summed E-state index contributed by atoms with van der Waals surface area (Å²) in [6.45, 7) is 0.910. The highest BCUT2D eigenvalue weighted by atomic mass is 35.5. The molecule has 4 bridgehead atoms. The lowest BCUT2D eigenvalue weighted by Gasteiger charge is -2.59. The average Bonchev–Trinajstić information content (AvgIpc) is 2.17. The average molecular weight is 232 g/mol. The van der Waals surface area contributed by atoms with Crippen LogP contribution >= 0.6 is 12.4 Å². The second-order valence-corrected chi connectivity index (χ2v) is 5.87. The molecule has 0 heterocycles. The molecule has 0 spiro atoms. The molecule has 0 saturated heterocycles. The molecule has 3 heteroatoms. The summed E-state index contributed by atoms with van der Waals surface area (Å²) in [5.74, 6) is 2.63. The summed E-state index contributed by atoms with van der Waals surface area (Å²) in [7, 11) is 1.89. The van der Waals surface area contributed by atoms with E-state index in [1.807, 2.05) is 7.11 Å². The van der Waals surface area contributed by atoms with Crippen molar-refractivity contribution in [2.24, 2.45) is 28.9 Å². The van der Waals surface area contributed by atoms with Crippen molar-refractivity contribution in [1.29, 1.82) is 0 Å². The van der Waals surface area contributed by atoms with Crippen LogP contribution in [0, 0.1) is 23.2 Å². The van der Waals surface area contributed by atoms with Gasteiger partial charge in [-0.1, -0.05) is 0 Å². The minimum Gasteiger partial charge on any atom is -0.381 e. The maximum absolute atomic E-state index is 5.97. The van der Waals surface area contributed by atoms with Crippen molar-refractivity contribution in [3.63, 3.8) is 0 Å². The Kier molecular flexibility index (Phi) is 3.04. The Balaban J connectivity index is 0.000000853. The van der Waals surface area contributed by atoms with Gasteiger partial charge in [0.1, 0.15) is 0 Å².